The standard InChI is InChI=1S/C24H32N4O4/c1-2-32-17-13-27(14-17)20-6-4-3-5-19(20)25-16-7-8-18-15(11-16)12-28(24(18)31)21-9-10-22(29)26-23(21)30/h7-8,11,17,19-21,25H,2-6,9-10,12-14H2,1H3,(H,26,29,30)/t19-,20+,21?/m0/s1. The van der Waals surface area contributed by atoms with Crippen molar-refractivity contribution in [1.29, 1.82) is 0 Å². The molecule has 4 aliphatic rings. The van der Waals surface area contributed by atoms with Crippen LogP contribution in [0.2, 0.25) is 0 Å². The summed E-state index contributed by atoms with van der Waals surface area (Å²) >= 11 is 0. The van der Waals surface area contributed by atoms with Gasteiger partial charge in [0.1, 0.15) is 6.04 Å². The van der Waals surface area contributed by atoms with E-state index >= 15 is 0 Å². The predicted molar refractivity (Wildman–Crippen MR) is 119 cm³/mol. The number of piperidine rings is 1. The fourth-order valence-electron chi connectivity index (χ4n) is 5.68. The number of carbonyl (C=O) groups is 3. The number of imide groups is 1. The maximum absolute atomic E-state index is 12.9. The fourth-order valence-corrected chi connectivity index (χ4v) is 5.68. The second-order valence-corrected chi connectivity index (χ2v) is 9.41. The van der Waals surface area contributed by atoms with Crippen LogP contribution in [-0.4, -0.2) is 71.4 Å². The molecule has 3 heterocycles. The Morgan fingerprint density at radius 3 is 2.72 bits per heavy atom. The first kappa shape index (κ1) is 21.4. The first-order chi connectivity index (χ1) is 15.5. The van der Waals surface area contributed by atoms with Crippen molar-refractivity contribution < 1.29 is 19.1 Å². The minimum atomic E-state index is -0.573. The minimum Gasteiger partial charge on any atom is -0.381 e. The average molecular weight is 441 g/mol. The van der Waals surface area contributed by atoms with Crippen molar-refractivity contribution in [2.24, 2.45) is 0 Å². The van der Waals surface area contributed by atoms with Crippen molar-refractivity contribution in [2.75, 3.05) is 25.0 Å². The van der Waals surface area contributed by atoms with Crippen molar-refractivity contribution in [3.05, 3.63) is 29.3 Å². The summed E-state index contributed by atoms with van der Waals surface area (Å²) in [6.45, 7) is 5.25. The van der Waals surface area contributed by atoms with E-state index in [1.807, 2.05) is 19.1 Å². The highest BCUT2D eigenvalue weighted by Gasteiger charge is 2.40. The molecule has 0 aromatic heterocycles. The highest BCUT2D eigenvalue weighted by Crippen LogP contribution is 2.33. The number of benzene rings is 1. The Bertz CT molecular complexity index is 913. The molecule has 1 aromatic rings. The topological polar surface area (TPSA) is 91.0 Å². The zero-order valence-electron chi connectivity index (χ0n) is 18.6. The lowest BCUT2D eigenvalue weighted by molar-refractivity contribution is -0.136. The van der Waals surface area contributed by atoms with Gasteiger partial charge >= 0.3 is 0 Å². The molecule has 8 heteroatoms. The largest absolute Gasteiger partial charge is 0.381 e. The van der Waals surface area contributed by atoms with Gasteiger partial charge in [-0.25, -0.2) is 0 Å². The van der Waals surface area contributed by atoms with Crippen molar-refractivity contribution >= 4 is 23.4 Å². The van der Waals surface area contributed by atoms with Crippen molar-refractivity contribution in [3.8, 4) is 0 Å². The molecular weight excluding hydrogens is 408 g/mol. The van der Waals surface area contributed by atoms with Crippen molar-refractivity contribution in [1.82, 2.24) is 15.1 Å². The van der Waals surface area contributed by atoms with E-state index < -0.39 is 6.04 Å². The highest BCUT2D eigenvalue weighted by molar-refractivity contribution is 6.05. The van der Waals surface area contributed by atoms with Crippen LogP contribution < -0.4 is 10.6 Å². The van der Waals surface area contributed by atoms with E-state index in [0.29, 0.717) is 36.7 Å². The highest BCUT2D eigenvalue weighted by atomic mass is 16.5. The van der Waals surface area contributed by atoms with Crippen LogP contribution in [0.15, 0.2) is 18.2 Å². The molecule has 3 amide bonds. The van der Waals surface area contributed by atoms with Gasteiger partial charge in [-0.3, -0.25) is 24.6 Å². The number of nitrogens with one attached hydrogen (secondary N) is 2. The van der Waals surface area contributed by atoms with Gasteiger partial charge in [0.2, 0.25) is 11.8 Å². The number of nitrogens with zero attached hydrogens (tertiary/aromatic N) is 2. The normalized spacial score (nSPS) is 29.0. The van der Waals surface area contributed by atoms with Gasteiger partial charge in [0.05, 0.1) is 6.10 Å². The molecular formula is C24H32N4O4. The predicted octanol–water partition coefficient (Wildman–Crippen LogP) is 1.89. The summed E-state index contributed by atoms with van der Waals surface area (Å²) in [6.07, 6.45) is 5.85. The maximum atomic E-state index is 12.9. The second-order valence-electron chi connectivity index (χ2n) is 9.41. The Morgan fingerprint density at radius 2 is 1.94 bits per heavy atom. The summed E-state index contributed by atoms with van der Waals surface area (Å²) < 4.78 is 5.74. The summed E-state index contributed by atoms with van der Waals surface area (Å²) in [6, 6.07) is 6.23. The molecule has 2 saturated heterocycles. The summed E-state index contributed by atoms with van der Waals surface area (Å²) in [5.41, 5.74) is 2.63. The first-order valence-electron chi connectivity index (χ1n) is 11.9. The van der Waals surface area contributed by atoms with Crippen LogP contribution in [0.4, 0.5) is 5.69 Å². The molecule has 3 atom stereocenters. The molecule has 172 valence electrons. The lowest BCUT2D eigenvalue weighted by atomic mass is 9.87. The molecule has 1 aromatic carbocycles. The van der Waals surface area contributed by atoms with E-state index in [0.717, 1.165) is 37.4 Å². The zero-order chi connectivity index (χ0) is 22.2. The SMILES string of the molecule is CCOC1CN([C@@H]2CCCC[C@@H]2Nc2ccc3c(c2)CN(C2CCC(=O)NC2=O)C3=O)C1. The Kier molecular flexibility index (Phi) is 5.90. The number of fused-ring (bicyclic) bond motifs is 1. The first-order valence-corrected chi connectivity index (χ1v) is 11.9. The van der Waals surface area contributed by atoms with Crippen LogP contribution >= 0.6 is 0 Å². The van der Waals surface area contributed by atoms with Crippen LogP contribution in [-0.2, 0) is 20.9 Å². The van der Waals surface area contributed by atoms with E-state index in [1.165, 1.54) is 19.3 Å². The zero-order valence-corrected chi connectivity index (χ0v) is 18.6. The summed E-state index contributed by atoms with van der Waals surface area (Å²) in [4.78, 5) is 40.8. The van der Waals surface area contributed by atoms with E-state index in [9.17, 15) is 14.4 Å². The van der Waals surface area contributed by atoms with Crippen LogP contribution in [0.25, 0.3) is 0 Å². The smallest absolute Gasteiger partial charge is 0.255 e. The van der Waals surface area contributed by atoms with Crippen LogP contribution in [0, 0.1) is 0 Å². The van der Waals surface area contributed by atoms with Crippen molar-refractivity contribution in [2.45, 2.75) is 76.2 Å². The third-order valence-corrected chi connectivity index (χ3v) is 7.35. The fraction of sp³-hybridized carbons (Fsp3) is 0.625. The number of rotatable bonds is 6. The minimum absolute atomic E-state index is 0.126. The molecule has 0 spiro atoms. The molecule has 32 heavy (non-hydrogen) atoms. The number of anilines is 1. The molecule has 3 aliphatic heterocycles. The molecule has 1 unspecified atom stereocenters. The van der Waals surface area contributed by atoms with Gasteiger partial charge in [0, 0.05) is 56.0 Å². The molecule has 5 rings (SSSR count). The molecule has 1 saturated carbocycles. The second kappa shape index (κ2) is 8.83. The third-order valence-electron chi connectivity index (χ3n) is 7.35. The number of hydrogen-bond acceptors (Lipinski definition) is 6. The Balaban J connectivity index is 1.26. The summed E-state index contributed by atoms with van der Waals surface area (Å²) in [5, 5.41) is 6.10. The molecule has 0 radical (unpaired) electrons. The molecule has 2 N–H and O–H groups in total. The van der Waals surface area contributed by atoms with Crippen LogP contribution in [0.3, 0.4) is 0 Å². The Hall–Kier alpha value is -2.45. The van der Waals surface area contributed by atoms with E-state index in [4.69, 9.17) is 4.74 Å². The quantitative estimate of drug-likeness (QED) is 0.657. The Labute approximate surface area is 188 Å². The third kappa shape index (κ3) is 4.01. The lowest BCUT2D eigenvalue weighted by Crippen LogP contribution is -2.61. The number of amides is 3. The maximum Gasteiger partial charge on any atom is 0.255 e. The number of hydrogen-bond donors (Lipinski definition) is 2. The molecule has 0 bridgehead atoms. The van der Waals surface area contributed by atoms with Gasteiger partial charge in [0.25, 0.3) is 5.91 Å². The van der Waals surface area contributed by atoms with E-state index in [1.54, 1.807) is 4.90 Å². The number of carbonyl (C=O) groups excluding carboxylic acids is 3. The van der Waals surface area contributed by atoms with Gasteiger partial charge in [-0.2, -0.15) is 0 Å². The summed E-state index contributed by atoms with van der Waals surface area (Å²) in [5.74, 6) is -0.761. The number of ether oxygens (including phenoxy) is 1. The van der Waals surface area contributed by atoms with Crippen molar-refractivity contribution in [3.63, 3.8) is 0 Å². The van der Waals surface area contributed by atoms with Gasteiger partial charge in [-0.1, -0.05) is 12.8 Å². The average Bonchev–Trinajstić information content (AvgIpc) is 3.07. The van der Waals surface area contributed by atoms with E-state index in [2.05, 4.69) is 21.6 Å². The van der Waals surface area contributed by atoms with Gasteiger partial charge in [0.15, 0.2) is 0 Å². The summed E-state index contributed by atoms with van der Waals surface area (Å²) in [7, 11) is 0. The van der Waals surface area contributed by atoms with Crippen LogP contribution in [0.1, 0.15) is 61.4 Å². The monoisotopic (exact) mass is 440 g/mol. The lowest BCUT2D eigenvalue weighted by Gasteiger charge is -2.48. The van der Waals surface area contributed by atoms with Gasteiger partial charge in [-0.05, 0) is 49.9 Å². The molecule has 3 fully saturated rings. The van der Waals surface area contributed by atoms with Gasteiger partial charge < -0.3 is 15.0 Å². The molecule has 8 nitrogen and oxygen atoms in total. The van der Waals surface area contributed by atoms with E-state index in [-0.39, 0.29) is 24.1 Å². The Morgan fingerprint density at radius 1 is 1.12 bits per heavy atom. The van der Waals surface area contributed by atoms with Gasteiger partial charge in [-0.15, -0.1) is 0 Å². The number of likely N-dealkylation sites (tertiary alicyclic amines) is 1. The molecule has 1 aliphatic carbocycles. The van der Waals surface area contributed by atoms with Crippen LogP contribution in [0.5, 0.6) is 0 Å².